The Morgan fingerprint density at radius 1 is 1.39 bits per heavy atom. The highest BCUT2D eigenvalue weighted by Gasteiger charge is 2.31. The number of nitrogens with zero attached hydrogens (tertiary/aromatic N) is 2. The fourth-order valence-corrected chi connectivity index (χ4v) is 2.08. The Bertz CT molecular complexity index is 405. The van der Waals surface area contributed by atoms with Crippen LogP contribution in [0.2, 0.25) is 0 Å². The van der Waals surface area contributed by atoms with Gasteiger partial charge in [0.1, 0.15) is 5.82 Å². The second kappa shape index (κ2) is 4.76. The van der Waals surface area contributed by atoms with Crippen molar-refractivity contribution in [1.82, 2.24) is 4.98 Å². The molecule has 100 valence electrons. The van der Waals surface area contributed by atoms with E-state index >= 15 is 0 Å². The molecule has 0 saturated carbocycles. The van der Waals surface area contributed by atoms with Crippen molar-refractivity contribution in [2.45, 2.75) is 25.6 Å². The molecule has 3 nitrogen and oxygen atoms in total. The summed E-state index contributed by atoms with van der Waals surface area (Å²) in [6.07, 6.45) is -3.22. The number of pyridine rings is 1. The van der Waals surface area contributed by atoms with E-state index in [1.807, 2.05) is 11.8 Å². The third-order valence-corrected chi connectivity index (χ3v) is 3.26. The predicted octanol–water partition coefficient (Wildman–Crippen LogP) is 2.31. The number of hydrogen-bond acceptors (Lipinski definition) is 3. The van der Waals surface area contributed by atoms with Crippen molar-refractivity contribution in [2.24, 2.45) is 5.92 Å². The lowest BCUT2D eigenvalue weighted by Crippen LogP contribution is -2.42. The van der Waals surface area contributed by atoms with Gasteiger partial charge in [-0.25, -0.2) is 4.98 Å². The number of aliphatic hydroxyl groups excluding tert-OH is 1. The molecule has 2 atom stereocenters. The molecule has 1 saturated heterocycles. The number of hydrogen-bond donors (Lipinski definition) is 1. The molecular formula is C12H15F3N2O. The number of alkyl halides is 3. The molecule has 1 aliphatic heterocycles. The van der Waals surface area contributed by atoms with Gasteiger partial charge < -0.3 is 10.0 Å². The maximum atomic E-state index is 12.4. The summed E-state index contributed by atoms with van der Waals surface area (Å²) in [5, 5.41) is 9.60. The highest BCUT2D eigenvalue weighted by Crippen LogP contribution is 2.30. The average Bonchev–Trinajstić information content (AvgIpc) is 2.32. The molecule has 1 aromatic rings. The maximum Gasteiger partial charge on any atom is 0.417 e. The topological polar surface area (TPSA) is 36.4 Å². The molecule has 1 aliphatic rings. The van der Waals surface area contributed by atoms with Crippen LogP contribution in [-0.4, -0.2) is 29.3 Å². The largest absolute Gasteiger partial charge is 0.417 e. The van der Waals surface area contributed by atoms with Gasteiger partial charge in [0.05, 0.1) is 11.7 Å². The Morgan fingerprint density at radius 2 is 2.11 bits per heavy atom. The standard InChI is InChI=1S/C12H15F3N2O/c1-8-7-17(5-4-10(8)18)11-3-2-9(6-16-11)12(13,14)15/h2-3,6,8,10,18H,4-5,7H2,1H3/t8-,10-/m1/s1. The normalized spacial score (nSPS) is 25.3. The Hall–Kier alpha value is -1.30. The van der Waals surface area contributed by atoms with Crippen molar-refractivity contribution >= 4 is 5.82 Å². The first-order valence-corrected chi connectivity index (χ1v) is 5.84. The highest BCUT2D eigenvalue weighted by atomic mass is 19.4. The van der Waals surface area contributed by atoms with Gasteiger partial charge in [0.25, 0.3) is 0 Å². The lowest BCUT2D eigenvalue weighted by Gasteiger charge is -2.35. The summed E-state index contributed by atoms with van der Waals surface area (Å²) in [5.41, 5.74) is -0.739. The molecule has 1 N–H and O–H groups in total. The number of aliphatic hydroxyl groups is 1. The van der Waals surface area contributed by atoms with Crippen molar-refractivity contribution in [3.05, 3.63) is 23.9 Å². The summed E-state index contributed by atoms with van der Waals surface area (Å²) in [6.45, 7) is 3.14. The lowest BCUT2D eigenvalue weighted by molar-refractivity contribution is -0.137. The molecule has 1 aromatic heterocycles. The Kier molecular flexibility index (Phi) is 3.47. The molecule has 2 heterocycles. The summed E-state index contributed by atoms with van der Waals surface area (Å²) in [4.78, 5) is 5.75. The van der Waals surface area contributed by atoms with E-state index in [4.69, 9.17) is 0 Å². The predicted molar refractivity (Wildman–Crippen MR) is 61.2 cm³/mol. The van der Waals surface area contributed by atoms with Gasteiger partial charge >= 0.3 is 6.18 Å². The molecule has 0 unspecified atom stereocenters. The molecule has 0 radical (unpaired) electrons. The monoisotopic (exact) mass is 260 g/mol. The van der Waals surface area contributed by atoms with Crippen molar-refractivity contribution in [1.29, 1.82) is 0 Å². The van der Waals surface area contributed by atoms with Crippen LogP contribution in [0.1, 0.15) is 18.9 Å². The molecule has 18 heavy (non-hydrogen) atoms. The van der Waals surface area contributed by atoms with Crippen molar-refractivity contribution in [3.8, 4) is 0 Å². The van der Waals surface area contributed by atoms with Crippen LogP contribution in [0, 0.1) is 5.92 Å². The van der Waals surface area contributed by atoms with Gasteiger partial charge in [0, 0.05) is 19.3 Å². The van der Waals surface area contributed by atoms with E-state index < -0.39 is 11.7 Å². The van der Waals surface area contributed by atoms with Crippen molar-refractivity contribution < 1.29 is 18.3 Å². The van der Waals surface area contributed by atoms with Crippen LogP contribution in [-0.2, 0) is 6.18 Å². The Balaban J connectivity index is 2.11. The summed E-state index contributed by atoms with van der Waals surface area (Å²) >= 11 is 0. The maximum absolute atomic E-state index is 12.4. The quantitative estimate of drug-likeness (QED) is 0.841. The average molecular weight is 260 g/mol. The molecule has 0 amide bonds. The number of aromatic nitrogens is 1. The third kappa shape index (κ3) is 2.75. The van der Waals surface area contributed by atoms with Crippen LogP contribution in [0.4, 0.5) is 19.0 Å². The van der Waals surface area contributed by atoms with E-state index in [0.29, 0.717) is 25.3 Å². The first-order valence-electron chi connectivity index (χ1n) is 5.84. The van der Waals surface area contributed by atoms with E-state index in [2.05, 4.69) is 4.98 Å². The number of piperidine rings is 1. The first-order chi connectivity index (χ1) is 8.38. The van der Waals surface area contributed by atoms with Gasteiger partial charge in [0.2, 0.25) is 0 Å². The number of rotatable bonds is 1. The van der Waals surface area contributed by atoms with Crippen molar-refractivity contribution in [3.63, 3.8) is 0 Å². The van der Waals surface area contributed by atoms with E-state index in [9.17, 15) is 18.3 Å². The van der Waals surface area contributed by atoms with Gasteiger partial charge in [-0.3, -0.25) is 0 Å². The fourth-order valence-electron chi connectivity index (χ4n) is 2.08. The second-order valence-electron chi connectivity index (χ2n) is 4.68. The molecular weight excluding hydrogens is 245 g/mol. The zero-order valence-electron chi connectivity index (χ0n) is 9.98. The summed E-state index contributed by atoms with van der Waals surface area (Å²) in [5.74, 6) is 0.629. The lowest BCUT2D eigenvalue weighted by atomic mass is 9.97. The van der Waals surface area contributed by atoms with Crippen LogP contribution < -0.4 is 4.90 Å². The molecule has 2 rings (SSSR count). The Morgan fingerprint density at radius 3 is 2.61 bits per heavy atom. The van der Waals surface area contributed by atoms with E-state index in [1.165, 1.54) is 6.07 Å². The van der Waals surface area contributed by atoms with Crippen LogP contribution in [0.5, 0.6) is 0 Å². The minimum Gasteiger partial charge on any atom is -0.393 e. The number of anilines is 1. The minimum absolute atomic E-state index is 0.0999. The molecule has 0 aliphatic carbocycles. The molecule has 0 bridgehead atoms. The fraction of sp³-hybridized carbons (Fsp3) is 0.583. The summed E-state index contributed by atoms with van der Waals surface area (Å²) in [6, 6.07) is 2.42. The van der Waals surface area contributed by atoms with E-state index in [0.717, 1.165) is 12.3 Å². The van der Waals surface area contributed by atoms with E-state index in [1.54, 1.807) is 0 Å². The zero-order chi connectivity index (χ0) is 13.3. The summed E-state index contributed by atoms with van der Waals surface area (Å²) in [7, 11) is 0. The van der Waals surface area contributed by atoms with Gasteiger partial charge in [-0.05, 0) is 24.5 Å². The van der Waals surface area contributed by atoms with Gasteiger partial charge in [0.15, 0.2) is 0 Å². The van der Waals surface area contributed by atoms with Gasteiger partial charge in [-0.2, -0.15) is 13.2 Å². The van der Waals surface area contributed by atoms with Gasteiger partial charge in [-0.1, -0.05) is 6.92 Å². The molecule has 0 aromatic carbocycles. The van der Waals surface area contributed by atoms with Gasteiger partial charge in [-0.15, -0.1) is 0 Å². The van der Waals surface area contributed by atoms with E-state index in [-0.39, 0.29) is 12.0 Å². The number of halogens is 3. The van der Waals surface area contributed by atoms with Crippen LogP contribution >= 0.6 is 0 Å². The first kappa shape index (κ1) is 13.1. The van der Waals surface area contributed by atoms with Crippen LogP contribution in [0.3, 0.4) is 0 Å². The summed E-state index contributed by atoms with van der Waals surface area (Å²) < 4.78 is 37.2. The smallest absolute Gasteiger partial charge is 0.393 e. The van der Waals surface area contributed by atoms with Crippen LogP contribution in [0.25, 0.3) is 0 Å². The highest BCUT2D eigenvalue weighted by molar-refractivity contribution is 5.40. The Labute approximate surface area is 103 Å². The molecule has 1 fully saturated rings. The third-order valence-electron chi connectivity index (χ3n) is 3.26. The second-order valence-corrected chi connectivity index (χ2v) is 4.68. The minimum atomic E-state index is -4.35. The molecule has 0 spiro atoms. The zero-order valence-corrected chi connectivity index (χ0v) is 9.98. The molecule has 6 heteroatoms. The van der Waals surface area contributed by atoms with Crippen LogP contribution in [0.15, 0.2) is 18.3 Å². The van der Waals surface area contributed by atoms with Crippen molar-refractivity contribution in [2.75, 3.05) is 18.0 Å². The SMILES string of the molecule is C[C@@H]1CN(c2ccc(C(F)(F)F)cn2)CC[C@H]1O.